The van der Waals surface area contributed by atoms with Crippen LogP contribution in [0.2, 0.25) is 18.1 Å². The standard InChI is InChI=1S/C28H48Si/c1-3-5-8-21-29-22-19-28(20-23-29)27-17-15-26(16-18-27)10-7-6-9-25-13-11-24(4-2)12-14-25/h11-14,26-29H,3-10,15-23H2,1-2H3/t26-,27-,28?,29?. The van der Waals surface area contributed by atoms with E-state index >= 15 is 0 Å². The highest BCUT2D eigenvalue weighted by Gasteiger charge is 2.30. The third-order valence-electron chi connectivity index (χ3n) is 8.42. The van der Waals surface area contributed by atoms with E-state index in [9.17, 15) is 0 Å². The van der Waals surface area contributed by atoms with E-state index in [0.717, 1.165) is 24.2 Å². The maximum absolute atomic E-state index is 2.35. The Hall–Kier alpha value is -0.563. The van der Waals surface area contributed by atoms with Gasteiger partial charge in [-0.15, -0.1) is 0 Å². The van der Waals surface area contributed by atoms with E-state index in [1.807, 2.05) is 0 Å². The van der Waals surface area contributed by atoms with Crippen LogP contribution in [-0.4, -0.2) is 8.80 Å². The first kappa shape index (κ1) is 23.1. The smallest absolute Gasteiger partial charge is 0.0368 e. The van der Waals surface area contributed by atoms with Crippen molar-refractivity contribution in [3.8, 4) is 0 Å². The molecule has 1 aromatic carbocycles. The molecule has 0 bridgehead atoms. The summed E-state index contributed by atoms with van der Waals surface area (Å²) in [5.74, 6) is 3.28. The second-order valence-electron chi connectivity index (χ2n) is 10.5. The molecule has 2 fully saturated rings. The van der Waals surface area contributed by atoms with Crippen LogP contribution in [-0.2, 0) is 12.8 Å². The van der Waals surface area contributed by atoms with Crippen molar-refractivity contribution in [3.05, 3.63) is 35.4 Å². The molecule has 1 saturated carbocycles. The minimum atomic E-state index is -0.313. The molecule has 1 aromatic rings. The molecular weight excluding hydrogens is 364 g/mol. The molecule has 0 N–H and O–H groups in total. The van der Waals surface area contributed by atoms with Gasteiger partial charge in [0.05, 0.1) is 0 Å². The second-order valence-corrected chi connectivity index (χ2v) is 13.9. The van der Waals surface area contributed by atoms with Crippen LogP contribution < -0.4 is 0 Å². The highest BCUT2D eigenvalue weighted by Crippen LogP contribution is 2.42. The van der Waals surface area contributed by atoms with E-state index in [-0.39, 0.29) is 8.80 Å². The summed E-state index contributed by atoms with van der Waals surface area (Å²) in [4.78, 5) is 0. The number of benzene rings is 1. The van der Waals surface area contributed by atoms with Crippen molar-refractivity contribution in [3.63, 3.8) is 0 Å². The summed E-state index contributed by atoms with van der Waals surface area (Å²) in [6.07, 6.45) is 20.7. The summed E-state index contributed by atoms with van der Waals surface area (Å²) in [5, 5.41) is 0. The third-order valence-corrected chi connectivity index (χ3v) is 11.9. The minimum Gasteiger partial charge on any atom is -0.0654 e. The lowest BCUT2D eigenvalue weighted by atomic mass is 9.73. The van der Waals surface area contributed by atoms with Crippen LogP contribution in [0.3, 0.4) is 0 Å². The van der Waals surface area contributed by atoms with Gasteiger partial charge in [-0.05, 0) is 61.0 Å². The summed E-state index contributed by atoms with van der Waals surface area (Å²) in [7, 11) is -0.313. The number of aryl methyl sites for hydroxylation is 2. The largest absolute Gasteiger partial charge is 0.0654 e. The van der Waals surface area contributed by atoms with E-state index in [1.54, 1.807) is 68.6 Å². The molecule has 0 unspecified atom stereocenters. The molecule has 0 aromatic heterocycles. The average molecular weight is 413 g/mol. The summed E-state index contributed by atoms with van der Waals surface area (Å²) in [5.41, 5.74) is 3.01. The molecule has 0 atom stereocenters. The zero-order valence-electron chi connectivity index (χ0n) is 19.6. The predicted molar refractivity (Wildman–Crippen MR) is 133 cm³/mol. The fourth-order valence-electron chi connectivity index (χ4n) is 6.28. The maximum atomic E-state index is 2.35. The van der Waals surface area contributed by atoms with E-state index in [1.165, 1.54) is 44.1 Å². The first-order valence-corrected chi connectivity index (χ1v) is 15.8. The monoisotopic (exact) mass is 412 g/mol. The Bertz CT molecular complexity index is 532. The maximum Gasteiger partial charge on any atom is 0.0368 e. The van der Waals surface area contributed by atoms with Gasteiger partial charge in [-0.25, -0.2) is 0 Å². The molecule has 164 valence electrons. The fraction of sp³-hybridized carbons (Fsp3) is 0.786. The van der Waals surface area contributed by atoms with Gasteiger partial charge in [0.2, 0.25) is 0 Å². The molecule has 1 heteroatoms. The van der Waals surface area contributed by atoms with Crippen LogP contribution >= 0.6 is 0 Å². The third kappa shape index (κ3) is 7.89. The van der Waals surface area contributed by atoms with Gasteiger partial charge in [0, 0.05) is 8.80 Å². The van der Waals surface area contributed by atoms with Crippen molar-refractivity contribution in [1.82, 2.24) is 0 Å². The zero-order valence-corrected chi connectivity index (χ0v) is 20.8. The predicted octanol–water partition coefficient (Wildman–Crippen LogP) is 8.60. The SMILES string of the molecule is CCCCC[SiH]1CCC([C@H]2CC[C@H](CCCCc3ccc(CC)cc3)CC2)CC1. The second kappa shape index (κ2) is 13.0. The van der Waals surface area contributed by atoms with Crippen LogP contribution in [0.15, 0.2) is 24.3 Å². The van der Waals surface area contributed by atoms with Crippen LogP contribution in [0, 0.1) is 17.8 Å². The molecule has 0 spiro atoms. The Kier molecular flexibility index (Phi) is 10.3. The van der Waals surface area contributed by atoms with Crippen LogP contribution in [0.25, 0.3) is 0 Å². The average Bonchev–Trinajstić information content (AvgIpc) is 2.78. The van der Waals surface area contributed by atoms with Crippen molar-refractivity contribution in [2.24, 2.45) is 17.8 Å². The normalized spacial score (nSPS) is 27.8. The van der Waals surface area contributed by atoms with E-state index in [0.29, 0.717) is 0 Å². The number of hydrogen-bond acceptors (Lipinski definition) is 0. The summed E-state index contributed by atoms with van der Waals surface area (Å²) in [6.45, 7) is 4.59. The fourth-order valence-corrected chi connectivity index (χ4v) is 9.81. The molecule has 2 aliphatic rings. The molecular formula is C28H48Si. The van der Waals surface area contributed by atoms with E-state index < -0.39 is 0 Å². The molecule has 29 heavy (non-hydrogen) atoms. The number of rotatable bonds is 11. The van der Waals surface area contributed by atoms with Crippen molar-refractivity contribution in [2.45, 2.75) is 122 Å². The van der Waals surface area contributed by atoms with Crippen molar-refractivity contribution in [1.29, 1.82) is 0 Å². The zero-order chi connectivity index (χ0) is 20.3. The summed E-state index contributed by atoms with van der Waals surface area (Å²) in [6, 6.07) is 14.4. The van der Waals surface area contributed by atoms with Crippen LogP contribution in [0.5, 0.6) is 0 Å². The molecule has 3 rings (SSSR count). The van der Waals surface area contributed by atoms with Gasteiger partial charge in [0.25, 0.3) is 0 Å². The molecule has 0 radical (unpaired) electrons. The first-order valence-electron chi connectivity index (χ1n) is 13.4. The highest BCUT2D eigenvalue weighted by atomic mass is 28.3. The number of unbranched alkanes of at least 4 members (excludes halogenated alkanes) is 3. The van der Waals surface area contributed by atoms with Crippen molar-refractivity contribution in [2.75, 3.05) is 0 Å². The Morgan fingerprint density at radius 1 is 0.724 bits per heavy atom. The Balaban J connectivity index is 1.25. The Morgan fingerprint density at radius 3 is 2.03 bits per heavy atom. The first-order chi connectivity index (χ1) is 14.3. The lowest BCUT2D eigenvalue weighted by molar-refractivity contribution is 0.184. The molecule has 1 heterocycles. The van der Waals surface area contributed by atoms with Gasteiger partial charge in [-0.2, -0.15) is 0 Å². The number of hydrogen-bond donors (Lipinski definition) is 0. The summed E-state index contributed by atoms with van der Waals surface area (Å²) < 4.78 is 0. The van der Waals surface area contributed by atoms with E-state index in [2.05, 4.69) is 38.1 Å². The highest BCUT2D eigenvalue weighted by molar-refractivity contribution is 6.58. The quantitative estimate of drug-likeness (QED) is 0.252. The topological polar surface area (TPSA) is 0 Å². The van der Waals surface area contributed by atoms with Gasteiger partial charge in [-0.1, -0.05) is 114 Å². The molecule has 1 saturated heterocycles. The molecule has 0 amide bonds. The lowest BCUT2D eigenvalue weighted by Gasteiger charge is -2.37. The van der Waals surface area contributed by atoms with Crippen molar-refractivity contribution >= 4 is 8.80 Å². The lowest BCUT2D eigenvalue weighted by Crippen LogP contribution is -2.28. The molecule has 0 nitrogen and oxygen atoms in total. The Morgan fingerprint density at radius 2 is 1.38 bits per heavy atom. The van der Waals surface area contributed by atoms with Gasteiger partial charge < -0.3 is 0 Å². The van der Waals surface area contributed by atoms with Crippen LogP contribution in [0.4, 0.5) is 0 Å². The molecule has 1 aliphatic carbocycles. The van der Waals surface area contributed by atoms with Crippen LogP contribution in [0.1, 0.15) is 102 Å². The van der Waals surface area contributed by atoms with Gasteiger partial charge in [-0.3, -0.25) is 0 Å². The minimum absolute atomic E-state index is 0.313. The van der Waals surface area contributed by atoms with Gasteiger partial charge >= 0.3 is 0 Å². The van der Waals surface area contributed by atoms with Gasteiger partial charge in [0.1, 0.15) is 0 Å². The van der Waals surface area contributed by atoms with Crippen molar-refractivity contribution < 1.29 is 0 Å². The van der Waals surface area contributed by atoms with E-state index in [4.69, 9.17) is 0 Å². The van der Waals surface area contributed by atoms with Gasteiger partial charge in [0.15, 0.2) is 0 Å². The molecule has 1 aliphatic heterocycles. The Labute approximate surface area is 183 Å². The summed E-state index contributed by atoms with van der Waals surface area (Å²) >= 11 is 0.